The standard InChI is InChI=1S/C30H31F3N2O4/c1-34(17-18-5-3-2-4-6-18)25(37)20-16-27-9-10-29(20,38)26-28(27)11-13-35(14-12-30(31,32)33)22(27)15-19-7-8-21(36)24(39-26)23(19)28/h2-8,16,22,26,36,38H,9-15,17H2,1H3/t22-,26-,27-,28+,29-/m1/s1. The van der Waals surface area contributed by atoms with Crippen LogP contribution in [-0.4, -0.2) is 70.0 Å². The Balaban J connectivity index is 1.36. The minimum atomic E-state index is -4.27. The maximum absolute atomic E-state index is 14.0. The van der Waals surface area contributed by atoms with E-state index in [0.717, 1.165) is 16.7 Å². The second kappa shape index (κ2) is 8.01. The number of likely N-dealkylation sites (tertiary alicyclic amines) is 1. The monoisotopic (exact) mass is 540 g/mol. The molecule has 6 aliphatic rings. The zero-order valence-electron chi connectivity index (χ0n) is 21.7. The number of likely N-dealkylation sites (N-methyl/N-ethyl adjacent to an activating group) is 1. The molecule has 206 valence electrons. The molecular weight excluding hydrogens is 509 g/mol. The molecule has 4 aliphatic carbocycles. The Morgan fingerprint density at radius 1 is 1.15 bits per heavy atom. The van der Waals surface area contributed by atoms with Crippen LogP contribution in [-0.2, 0) is 23.2 Å². The smallest absolute Gasteiger partial charge is 0.390 e. The van der Waals surface area contributed by atoms with Crippen molar-refractivity contribution in [1.29, 1.82) is 0 Å². The van der Waals surface area contributed by atoms with Gasteiger partial charge in [-0.25, -0.2) is 0 Å². The normalized spacial score (nSPS) is 33.8. The Labute approximate surface area is 224 Å². The molecule has 6 nitrogen and oxygen atoms in total. The number of hydrogen-bond donors (Lipinski definition) is 2. The van der Waals surface area contributed by atoms with Gasteiger partial charge in [-0.2, -0.15) is 13.2 Å². The summed E-state index contributed by atoms with van der Waals surface area (Å²) in [6, 6.07) is 12.7. The van der Waals surface area contributed by atoms with Gasteiger partial charge in [0.15, 0.2) is 11.5 Å². The van der Waals surface area contributed by atoms with Crippen molar-refractivity contribution in [3.05, 3.63) is 70.8 Å². The van der Waals surface area contributed by atoms with E-state index in [-0.39, 0.29) is 36.2 Å². The number of fused-ring (bicyclic) bond motifs is 1. The number of phenolic OH excluding ortho intramolecular Hbond substituents is 1. The van der Waals surface area contributed by atoms with Crippen molar-refractivity contribution in [2.45, 2.75) is 68.0 Å². The summed E-state index contributed by atoms with van der Waals surface area (Å²) in [5.74, 6) is 0.0246. The van der Waals surface area contributed by atoms with E-state index in [1.807, 2.05) is 47.4 Å². The Hall–Kier alpha value is -3.04. The molecular formula is C30H31F3N2O4. The average molecular weight is 541 g/mol. The number of benzene rings is 2. The summed E-state index contributed by atoms with van der Waals surface area (Å²) >= 11 is 0. The quantitative estimate of drug-likeness (QED) is 0.598. The second-order valence-corrected chi connectivity index (χ2v) is 12.0. The Morgan fingerprint density at radius 3 is 2.67 bits per heavy atom. The lowest BCUT2D eigenvalue weighted by atomic mass is 9.38. The molecule has 4 bridgehead atoms. The fourth-order valence-corrected chi connectivity index (χ4v) is 8.62. The molecule has 2 N–H and O–H groups in total. The highest BCUT2D eigenvalue weighted by Gasteiger charge is 2.78. The third-order valence-electron chi connectivity index (χ3n) is 10.2. The molecule has 2 aromatic rings. The van der Waals surface area contributed by atoms with Gasteiger partial charge in [-0.3, -0.25) is 9.69 Å². The molecule has 1 saturated heterocycles. The number of hydrogen-bond acceptors (Lipinski definition) is 5. The maximum Gasteiger partial charge on any atom is 0.390 e. The fourth-order valence-electron chi connectivity index (χ4n) is 8.62. The van der Waals surface area contributed by atoms with Crippen molar-refractivity contribution in [1.82, 2.24) is 9.80 Å². The largest absolute Gasteiger partial charge is 0.504 e. The van der Waals surface area contributed by atoms with Crippen LogP contribution in [0, 0.1) is 5.41 Å². The average Bonchev–Trinajstić information content (AvgIpc) is 3.27. The Kier molecular flexibility index (Phi) is 5.13. The van der Waals surface area contributed by atoms with Gasteiger partial charge in [-0.15, -0.1) is 0 Å². The van der Waals surface area contributed by atoms with Crippen LogP contribution in [0.25, 0.3) is 0 Å². The zero-order valence-corrected chi connectivity index (χ0v) is 21.7. The van der Waals surface area contributed by atoms with Crippen molar-refractivity contribution < 1.29 is 32.9 Å². The van der Waals surface area contributed by atoms with Crippen molar-refractivity contribution in [2.75, 3.05) is 20.1 Å². The summed E-state index contributed by atoms with van der Waals surface area (Å²) in [7, 11) is 1.70. The van der Waals surface area contributed by atoms with Crippen LogP contribution in [0.3, 0.4) is 0 Å². The minimum absolute atomic E-state index is 0.0114. The molecule has 2 fully saturated rings. The first-order chi connectivity index (χ1) is 18.5. The molecule has 5 atom stereocenters. The van der Waals surface area contributed by atoms with Crippen LogP contribution < -0.4 is 4.74 Å². The van der Waals surface area contributed by atoms with E-state index in [2.05, 4.69) is 0 Å². The van der Waals surface area contributed by atoms with Crippen molar-refractivity contribution in [3.63, 3.8) is 0 Å². The molecule has 1 saturated carbocycles. The number of rotatable bonds is 5. The molecule has 2 spiro atoms. The Bertz CT molecular complexity index is 1390. The lowest BCUT2D eigenvalue weighted by molar-refractivity contribution is -0.192. The predicted molar refractivity (Wildman–Crippen MR) is 136 cm³/mol. The molecule has 2 aliphatic heterocycles. The van der Waals surface area contributed by atoms with Gasteiger partial charge in [0.1, 0.15) is 11.7 Å². The highest BCUT2D eigenvalue weighted by atomic mass is 19.4. The lowest BCUT2D eigenvalue weighted by Gasteiger charge is -2.70. The number of carbonyl (C=O) groups is 1. The van der Waals surface area contributed by atoms with Crippen LogP contribution in [0.2, 0.25) is 0 Å². The van der Waals surface area contributed by atoms with E-state index < -0.39 is 35.1 Å². The molecule has 2 aromatic carbocycles. The van der Waals surface area contributed by atoms with Crippen LogP contribution in [0.4, 0.5) is 13.2 Å². The number of ether oxygens (including phenoxy) is 1. The zero-order chi connectivity index (χ0) is 27.4. The summed E-state index contributed by atoms with van der Waals surface area (Å²) in [5.41, 5.74) is 0.0193. The van der Waals surface area contributed by atoms with Gasteiger partial charge in [0.05, 0.1) is 11.8 Å². The first-order valence-electron chi connectivity index (χ1n) is 13.6. The molecule has 8 rings (SSSR count). The third-order valence-corrected chi connectivity index (χ3v) is 10.2. The highest BCUT2D eigenvalue weighted by Crippen LogP contribution is 2.74. The summed E-state index contributed by atoms with van der Waals surface area (Å²) in [6.45, 7) is 0.661. The number of amides is 1. The van der Waals surface area contributed by atoms with Gasteiger partial charge in [0, 0.05) is 42.7 Å². The van der Waals surface area contributed by atoms with Crippen molar-refractivity contribution in [2.24, 2.45) is 5.41 Å². The van der Waals surface area contributed by atoms with Crippen LogP contribution in [0.15, 0.2) is 54.1 Å². The summed E-state index contributed by atoms with van der Waals surface area (Å²) in [6.07, 6.45) is -2.29. The van der Waals surface area contributed by atoms with Gasteiger partial charge in [-0.05, 0) is 49.4 Å². The first kappa shape index (κ1) is 25.0. The first-order valence-corrected chi connectivity index (χ1v) is 13.6. The minimum Gasteiger partial charge on any atom is -0.504 e. The van der Waals surface area contributed by atoms with Gasteiger partial charge < -0.3 is 19.8 Å². The van der Waals surface area contributed by atoms with E-state index in [1.54, 1.807) is 18.0 Å². The molecule has 2 heterocycles. The number of nitrogens with zero attached hydrogens (tertiary/aromatic N) is 2. The summed E-state index contributed by atoms with van der Waals surface area (Å²) in [5, 5.41) is 23.1. The SMILES string of the molecule is CN(Cc1ccccc1)C(=O)C1=C[C@@]23CC[C@]1(O)[C@@H]1Oc4c(O)ccc5c4[C@@]12CCN(CCC(F)(F)F)[C@@H]3C5. The molecule has 0 aromatic heterocycles. The summed E-state index contributed by atoms with van der Waals surface area (Å²) < 4.78 is 46.4. The molecule has 0 radical (unpaired) electrons. The van der Waals surface area contributed by atoms with Gasteiger partial charge in [0.2, 0.25) is 0 Å². The van der Waals surface area contributed by atoms with E-state index in [1.165, 1.54) is 0 Å². The van der Waals surface area contributed by atoms with E-state index in [0.29, 0.717) is 38.1 Å². The number of aromatic hydroxyl groups is 1. The molecule has 39 heavy (non-hydrogen) atoms. The molecule has 1 amide bonds. The summed E-state index contributed by atoms with van der Waals surface area (Å²) in [4.78, 5) is 17.5. The van der Waals surface area contributed by atoms with Gasteiger partial charge in [0.25, 0.3) is 5.91 Å². The van der Waals surface area contributed by atoms with E-state index in [9.17, 15) is 28.2 Å². The predicted octanol–water partition coefficient (Wildman–Crippen LogP) is 4.08. The highest BCUT2D eigenvalue weighted by molar-refractivity contribution is 5.97. The van der Waals surface area contributed by atoms with Gasteiger partial charge >= 0.3 is 6.18 Å². The molecule has 0 unspecified atom stereocenters. The molecule has 9 heteroatoms. The number of aliphatic hydroxyl groups is 1. The third kappa shape index (κ3) is 3.20. The van der Waals surface area contributed by atoms with Gasteiger partial charge in [-0.1, -0.05) is 42.5 Å². The number of alkyl halides is 3. The topological polar surface area (TPSA) is 73.2 Å². The lowest BCUT2D eigenvalue weighted by Crippen LogP contribution is -2.78. The number of piperidine rings is 1. The Morgan fingerprint density at radius 2 is 1.92 bits per heavy atom. The fraction of sp³-hybridized carbons (Fsp3) is 0.500. The van der Waals surface area contributed by atoms with Crippen molar-refractivity contribution in [3.8, 4) is 11.5 Å². The van der Waals surface area contributed by atoms with Crippen molar-refractivity contribution >= 4 is 5.91 Å². The number of phenols is 1. The number of carbonyl (C=O) groups excluding carboxylic acids is 1. The number of halogens is 3. The van der Waals surface area contributed by atoms with E-state index >= 15 is 0 Å². The van der Waals surface area contributed by atoms with E-state index in [4.69, 9.17) is 4.74 Å². The van der Waals surface area contributed by atoms with Crippen LogP contribution in [0.1, 0.15) is 42.4 Å². The van der Waals surface area contributed by atoms with Crippen LogP contribution in [0.5, 0.6) is 11.5 Å². The van der Waals surface area contributed by atoms with Crippen LogP contribution >= 0.6 is 0 Å². The second-order valence-electron chi connectivity index (χ2n) is 12.0. The maximum atomic E-state index is 14.0.